The second-order valence-electron chi connectivity index (χ2n) is 5.56. The van der Waals surface area contributed by atoms with Gasteiger partial charge in [-0.1, -0.05) is 49.4 Å². The fourth-order valence-electron chi connectivity index (χ4n) is 2.38. The molecule has 2 rings (SSSR count). The maximum atomic E-state index is 5.66. The zero-order valence-corrected chi connectivity index (χ0v) is 13.2. The van der Waals surface area contributed by atoms with Gasteiger partial charge in [-0.25, -0.2) is 0 Å². The quantitative estimate of drug-likeness (QED) is 0.794. The third kappa shape index (κ3) is 4.91. The van der Waals surface area contributed by atoms with E-state index >= 15 is 0 Å². The molecular weight excluding hydrogens is 258 g/mol. The molecule has 112 valence electrons. The van der Waals surface area contributed by atoms with Gasteiger partial charge in [0.2, 0.25) is 0 Å². The Morgan fingerprint density at radius 1 is 0.952 bits per heavy atom. The number of ether oxygens (including phenoxy) is 1. The highest BCUT2D eigenvalue weighted by Crippen LogP contribution is 2.18. The summed E-state index contributed by atoms with van der Waals surface area (Å²) in [6, 6.07) is 19.4. The average Bonchev–Trinajstić information content (AvgIpc) is 2.50. The van der Waals surface area contributed by atoms with E-state index in [1.54, 1.807) is 0 Å². The van der Waals surface area contributed by atoms with Gasteiger partial charge in [0.1, 0.15) is 5.75 Å². The van der Waals surface area contributed by atoms with E-state index in [0.717, 1.165) is 18.7 Å². The van der Waals surface area contributed by atoms with Crippen LogP contribution in [0.3, 0.4) is 0 Å². The Kier molecular flexibility index (Phi) is 5.82. The molecule has 0 saturated heterocycles. The van der Waals surface area contributed by atoms with Crippen molar-refractivity contribution in [3.8, 4) is 5.75 Å². The van der Waals surface area contributed by atoms with Crippen molar-refractivity contribution in [1.29, 1.82) is 0 Å². The van der Waals surface area contributed by atoms with Gasteiger partial charge in [0.15, 0.2) is 0 Å². The van der Waals surface area contributed by atoms with E-state index in [0.29, 0.717) is 6.04 Å². The van der Waals surface area contributed by atoms with Crippen LogP contribution < -0.4 is 10.1 Å². The molecule has 0 radical (unpaired) electrons. The Labute approximate surface area is 128 Å². The lowest BCUT2D eigenvalue weighted by Gasteiger charge is -2.17. The van der Waals surface area contributed by atoms with Crippen LogP contribution in [0.4, 0.5) is 0 Å². The molecule has 0 bridgehead atoms. The van der Waals surface area contributed by atoms with Crippen LogP contribution in [0, 0.1) is 0 Å². The molecule has 1 atom stereocenters. The first-order valence-corrected chi connectivity index (χ1v) is 7.73. The van der Waals surface area contributed by atoms with E-state index in [1.165, 1.54) is 11.1 Å². The molecule has 21 heavy (non-hydrogen) atoms. The highest BCUT2D eigenvalue weighted by Gasteiger charge is 2.07. The fraction of sp³-hybridized carbons (Fsp3) is 0.368. The summed E-state index contributed by atoms with van der Waals surface area (Å²) in [5.74, 6) is 0.934. The fourth-order valence-corrected chi connectivity index (χ4v) is 2.38. The summed E-state index contributed by atoms with van der Waals surface area (Å²) in [6.07, 6.45) is 1.30. The van der Waals surface area contributed by atoms with Crippen LogP contribution in [-0.4, -0.2) is 6.10 Å². The predicted molar refractivity (Wildman–Crippen MR) is 88.5 cm³/mol. The second kappa shape index (κ2) is 7.84. The van der Waals surface area contributed by atoms with Gasteiger partial charge in [-0.3, -0.25) is 0 Å². The first-order valence-electron chi connectivity index (χ1n) is 7.73. The molecule has 0 aliphatic carbocycles. The molecular formula is C19H25NO. The Hall–Kier alpha value is -1.80. The molecule has 0 aromatic heterocycles. The van der Waals surface area contributed by atoms with Crippen LogP contribution in [0.2, 0.25) is 0 Å². The second-order valence-corrected chi connectivity index (χ2v) is 5.56. The van der Waals surface area contributed by atoms with E-state index in [4.69, 9.17) is 4.74 Å². The van der Waals surface area contributed by atoms with Gasteiger partial charge in [0, 0.05) is 12.6 Å². The van der Waals surface area contributed by atoms with Gasteiger partial charge in [-0.15, -0.1) is 0 Å². The molecule has 0 aliphatic rings. The van der Waals surface area contributed by atoms with E-state index in [-0.39, 0.29) is 6.10 Å². The number of hydrogen-bond acceptors (Lipinski definition) is 2. The van der Waals surface area contributed by atoms with E-state index in [2.05, 4.69) is 54.7 Å². The van der Waals surface area contributed by atoms with Crippen molar-refractivity contribution in [3.63, 3.8) is 0 Å². The number of benzene rings is 2. The minimum absolute atomic E-state index is 0.219. The standard InChI is InChI=1S/C19H25NO/c1-4-19(17-8-6-5-7-9-17)20-14-16-10-12-18(13-11-16)21-15(2)3/h5-13,15,19-20H,4,14H2,1-3H3. The Balaban J connectivity index is 1.92. The molecule has 0 aliphatic heterocycles. The number of hydrogen-bond donors (Lipinski definition) is 1. The van der Waals surface area contributed by atoms with Gasteiger partial charge in [-0.2, -0.15) is 0 Å². The van der Waals surface area contributed by atoms with E-state index < -0.39 is 0 Å². The summed E-state index contributed by atoms with van der Waals surface area (Å²) in [5, 5.41) is 3.62. The zero-order chi connectivity index (χ0) is 15.1. The zero-order valence-electron chi connectivity index (χ0n) is 13.2. The molecule has 0 spiro atoms. The largest absolute Gasteiger partial charge is 0.491 e. The maximum Gasteiger partial charge on any atom is 0.119 e. The lowest BCUT2D eigenvalue weighted by Crippen LogP contribution is -2.20. The van der Waals surface area contributed by atoms with Crippen LogP contribution in [-0.2, 0) is 6.54 Å². The van der Waals surface area contributed by atoms with Crippen LogP contribution in [0.15, 0.2) is 54.6 Å². The van der Waals surface area contributed by atoms with Crippen LogP contribution >= 0.6 is 0 Å². The van der Waals surface area contributed by atoms with Crippen molar-refractivity contribution in [3.05, 3.63) is 65.7 Å². The van der Waals surface area contributed by atoms with Crippen molar-refractivity contribution in [1.82, 2.24) is 5.32 Å². The van der Waals surface area contributed by atoms with E-state index in [9.17, 15) is 0 Å². The van der Waals surface area contributed by atoms with Gasteiger partial charge < -0.3 is 10.1 Å². The molecule has 1 unspecified atom stereocenters. The summed E-state index contributed by atoms with van der Waals surface area (Å²) in [6.45, 7) is 7.17. The molecule has 2 heteroatoms. The van der Waals surface area contributed by atoms with Gasteiger partial charge in [-0.05, 0) is 43.5 Å². The van der Waals surface area contributed by atoms with Crippen molar-refractivity contribution < 1.29 is 4.74 Å². The SMILES string of the molecule is CCC(NCc1ccc(OC(C)C)cc1)c1ccccc1. The van der Waals surface area contributed by atoms with Gasteiger partial charge >= 0.3 is 0 Å². The Bertz CT molecular complexity index is 519. The monoisotopic (exact) mass is 283 g/mol. The highest BCUT2D eigenvalue weighted by molar-refractivity contribution is 5.27. The smallest absolute Gasteiger partial charge is 0.119 e. The lowest BCUT2D eigenvalue weighted by atomic mass is 10.0. The van der Waals surface area contributed by atoms with Crippen molar-refractivity contribution in [2.75, 3.05) is 0 Å². The van der Waals surface area contributed by atoms with Crippen LogP contribution in [0.25, 0.3) is 0 Å². The normalized spacial score (nSPS) is 12.4. The first kappa shape index (κ1) is 15.6. The maximum absolute atomic E-state index is 5.66. The Morgan fingerprint density at radius 2 is 1.62 bits per heavy atom. The number of nitrogens with one attached hydrogen (secondary N) is 1. The predicted octanol–water partition coefficient (Wildman–Crippen LogP) is 4.71. The molecule has 0 saturated carbocycles. The van der Waals surface area contributed by atoms with Crippen LogP contribution in [0.1, 0.15) is 44.4 Å². The Morgan fingerprint density at radius 3 is 2.19 bits per heavy atom. The van der Waals surface area contributed by atoms with Crippen molar-refractivity contribution >= 4 is 0 Å². The van der Waals surface area contributed by atoms with Crippen molar-refractivity contribution in [2.45, 2.75) is 45.9 Å². The summed E-state index contributed by atoms with van der Waals surface area (Å²) in [7, 11) is 0. The van der Waals surface area contributed by atoms with Gasteiger partial charge in [0.25, 0.3) is 0 Å². The topological polar surface area (TPSA) is 21.3 Å². The third-order valence-corrected chi connectivity index (χ3v) is 3.46. The molecule has 0 amide bonds. The summed E-state index contributed by atoms with van der Waals surface area (Å²) in [5.41, 5.74) is 2.63. The minimum Gasteiger partial charge on any atom is -0.491 e. The molecule has 2 nitrogen and oxygen atoms in total. The molecule has 2 aromatic rings. The minimum atomic E-state index is 0.219. The first-order chi connectivity index (χ1) is 10.2. The average molecular weight is 283 g/mol. The summed E-state index contributed by atoms with van der Waals surface area (Å²) < 4.78 is 5.66. The molecule has 2 aromatic carbocycles. The number of rotatable bonds is 7. The summed E-state index contributed by atoms with van der Waals surface area (Å²) in [4.78, 5) is 0. The van der Waals surface area contributed by atoms with Gasteiger partial charge in [0.05, 0.1) is 6.10 Å². The lowest BCUT2D eigenvalue weighted by molar-refractivity contribution is 0.242. The highest BCUT2D eigenvalue weighted by atomic mass is 16.5. The molecule has 0 fully saturated rings. The molecule has 1 N–H and O–H groups in total. The summed E-state index contributed by atoms with van der Waals surface area (Å²) >= 11 is 0. The molecule has 0 heterocycles. The van der Waals surface area contributed by atoms with Crippen molar-refractivity contribution in [2.24, 2.45) is 0 Å². The third-order valence-electron chi connectivity index (χ3n) is 3.46. The van der Waals surface area contributed by atoms with Crippen LogP contribution in [0.5, 0.6) is 5.75 Å². The van der Waals surface area contributed by atoms with E-state index in [1.807, 2.05) is 26.0 Å².